The number of hydrogen-bond acceptors (Lipinski definition) is 3. The van der Waals surface area contributed by atoms with Crippen molar-refractivity contribution in [1.29, 1.82) is 0 Å². The normalized spacial score (nSPS) is 11.6. The maximum atomic E-state index is 13.6. The Morgan fingerprint density at radius 3 is 2.25 bits per heavy atom. The summed E-state index contributed by atoms with van der Waals surface area (Å²) in [6.07, 6.45) is 1.50. The predicted molar refractivity (Wildman–Crippen MR) is 91.0 cm³/mol. The summed E-state index contributed by atoms with van der Waals surface area (Å²) in [4.78, 5) is 24.2. The smallest absolute Gasteiger partial charge is 0.257 e. The molecule has 24 heavy (non-hydrogen) atoms. The number of unbranched alkanes of at least 4 members (excludes halogenated alkanes) is 1. The molecular weight excluding hydrogens is 340 g/mol. The molecule has 2 amide bonds. The maximum Gasteiger partial charge on any atom is 0.257 e. The minimum atomic E-state index is -0.964. The van der Waals surface area contributed by atoms with Gasteiger partial charge >= 0.3 is 0 Å². The Labute approximate surface area is 146 Å². The van der Waals surface area contributed by atoms with Gasteiger partial charge in [-0.25, -0.2) is 8.78 Å². The lowest BCUT2D eigenvalue weighted by atomic mass is 10.0. The van der Waals surface area contributed by atoms with E-state index in [4.69, 9.17) is 5.73 Å². The summed E-state index contributed by atoms with van der Waals surface area (Å²) in [6.45, 7) is 4.44. The molecule has 0 aliphatic rings. The fraction of sp³-hybridized carbons (Fsp3) is 0.500. The van der Waals surface area contributed by atoms with Crippen molar-refractivity contribution in [3.63, 3.8) is 0 Å². The number of nitrogens with one attached hydrogen (secondary N) is 2. The van der Waals surface area contributed by atoms with Gasteiger partial charge in [0.2, 0.25) is 5.91 Å². The molecule has 5 nitrogen and oxygen atoms in total. The largest absolute Gasteiger partial charge is 0.354 e. The second-order valence-electron chi connectivity index (χ2n) is 5.58. The first-order valence-corrected chi connectivity index (χ1v) is 7.61. The Morgan fingerprint density at radius 2 is 1.75 bits per heavy atom. The van der Waals surface area contributed by atoms with E-state index in [1.165, 1.54) is 6.07 Å². The van der Waals surface area contributed by atoms with Gasteiger partial charge in [-0.05, 0) is 37.4 Å². The third-order valence-electron chi connectivity index (χ3n) is 3.36. The van der Waals surface area contributed by atoms with E-state index < -0.39 is 29.1 Å². The van der Waals surface area contributed by atoms with Crippen LogP contribution in [0.3, 0.4) is 0 Å². The van der Waals surface area contributed by atoms with Crippen LogP contribution in [0.25, 0.3) is 0 Å². The molecule has 1 aromatic rings. The third kappa shape index (κ3) is 6.41. The van der Waals surface area contributed by atoms with Gasteiger partial charge < -0.3 is 16.4 Å². The zero-order chi connectivity index (χ0) is 17.4. The van der Waals surface area contributed by atoms with Gasteiger partial charge in [0.15, 0.2) is 0 Å². The van der Waals surface area contributed by atoms with Crippen molar-refractivity contribution >= 4 is 24.2 Å². The van der Waals surface area contributed by atoms with Crippen LogP contribution in [0.2, 0.25) is 0 Å². The number of nitrogens with two attached hydrogens (primary N) is 1. The summed E-state index contributed by atoms with van der Waals surface area (Å²) < 4.78 is 27.3. The van der Waals surface area contributed by atoms with Gasteiger partial charge in [-0.2, -0.15) is 0 Å². The topological polar surface area (TPSA) is 84.2 Å². The molecule has 0 fully saturated rings. The second-order valence-corrected chi connectivity index (χ2v) is 5.58. The van der Waals surface area contributed by atoms with Crippen LogP contribution in [0, 0.1) is 17.6 Å². The summed E-state index contributed by atoms with van der Waals surface area (Å²) in [5, 5.41) is 5.09. The average Bonchev–Trinajstić information content (AvgIpc) is 2.48. The predicted octanol–water partition coefficient (Wildman–Crippen LogP) is 2.00. The molecule has 136 valence electrons. The van der Waals surface area contributed by atoms with E-state index in [-0.39, 0.29) is 24.2 Å². The fourth-order valence-corrected chi connectivity index (χ4v) is 2.05. The lowest BCUT2D eigenvalue weighted by Crippen LogP contribution is -2.50. The van der Waals surface area contributed by atoms with Crippen LogP contribution in [-0.4, -0.2) is 30.9 Å². The third-order valence-corrected chi connectivity index (χ3v) is 3.36. The van der Waals surface area contributed by atoms with Crippen molar-refractivity contribution in [3.8, 4) is 0 Å². The summed E-state index contributed by atoms with van der Waals surface area (Å²) >= 11 is 0. The van der Waals surface area contributed by atoms with E-state index >= 15 is 0 Å². The van der Waals surface area contributed by atoms with Gasteiger partial charge in [0.1, 0.15) is 23.2 Å². The molecule has 0 aromatic heterocycles. The molecular formula is C16H24ClF2N3O2. The highest BCUT2D eigenvalue weighted by molar-refractivity contribution is 5.98. The summed E-state index contributed by atoms with van der Waals surface area (Å²) in [5.41, 5.74) is 4.69. The minimum absolute atomic E-state index is 0. The van der Waals surface area contributed by atoms with Gasteiger partial charge in [0, 0.05) is 6.54 Å². The van der Waals surface area contributed by atoms with E-state index in [0.29, 0.717) is 13.1 Å². The van der Waals surface area contributed by atoms with Crippen molar-refractivity contribution in [2.24, 2.45) is 11.7 Å². The lowest BCUT2D eigenvalue weighted by Gasteiger charge is -2.22. The highest BCUT2D eigenvalue weighted by Gasteiger charge is 2.26. The van der Waals surface area contributed by atoms with Crippen molar-refractivity contribution < 1.29 is 18.4 Å². The summed E-state index contributed by atoms with van der Waals surface area (Å²) in [7, 11) is 0. The van der Waals surface area contributed by atoms with Crippen LogP contribution in [0.4, 0.5) is 8.78 Å². The number of amides is 2. The molecule has 0 bridgehead atoms. The number of carbonyl (C=O) groups is 2. The van der Waals surface area contributed by atoms with Crippen LogP contribution in [0.1, 0.15) is 37.0 Å². The van der Waals surface area contributed by atoms with Gasteiger partial charge in [-0.3, -0.25) is 9.59 Å². The number of hydrogen-bond donors (Lipinski definition) is 3. The molecule has 1 aromatic carbocycles. The molecule has 0 radical (unpaired) electrons. The van der Waals surface area contributed by atoms with Crippen molar-refractivity contribution in [2.45, 2.75) is 32.7 Å². The lowest BCUT2D eigenvalue weighted by molar-refractivity contribution is -0.123. The molecule has 1 atom stereocenters. The SMILES string of the molecule is CC(C)C(NC(=O)c1c(F)cccc1F)C(=O)NCCCCN.Cl. The van der Waals surface area contributed by atoms with Gasteiger partial charge in [-0.1, -0.05) is 19.9 Å². The second kappa shape index (κ2) is 10.9. The van der Waals surface area contributed by atoms with E-state index in [9.17, 15) is 18.4 Å². The molecule has 0 saturated carbocycles. The summed E-state index contributed by atoms with van der Waals surface area (Å²) in [6, 6.07) is 2.29. The van der Waals surface area contributed by atoms with Gasteiger partial charge in [0.05, 0.1) is 0 Å². The molecule has 8 heteroatoms. The average molecular weight is 364 g/mol. The Bertz CT molecular complexity index is 536. The van der Waals surface area contributed by atoms with E-state index in [1.54, 1.807) is 13.8 Å². The Kier molecular flexibility index (Phi) is 10.1. The number of rotatable bonds is 8. The molecule has 1 rings (SSSR count). The highest BCUT2D eigenvalue weighted by Crippen LogP contribution is 2.13. The molecule has 0 spiro atoms. The first kappa shape index (κ1) is 22.3. The molecule has 1 unspecified atom stereocenters. The van der Waals surface area contributed by atoms with Crippen molar-refractivity contribution in [3.05, 3.63) is 35.4 Å². The maximum absolute atomic E-state index is 13.6. The van der Waals surface area contributed by atoms with Crippen LogP contribution in [-0.2, 0) is 4.79 Å². The van der Waals surface area contributed by atoms with E-state index in [2.05, 4.69) is 10.6 Å². The fourth-order valence-electron chi connectivity index (χ4n) is 2.05. The van der Waals surface area contributed by atoms with Crippen LogP contribution >= 0.6 is 12.4 Å². The number of benzene rings is 1. The highest BCUT2D eigenvalue weighted by atomic mass is 35.5. The molecule has 4 N–H and O–H groups in total. The van der Waals surface area contributed by atoms with Crippen LogP contribution in [0.5, 0.6) is 0 Å². The summed E-state index contributed by atoms with van der Waals surface area (Å²) in [5.74, 6) is -3.50. The monoisotopic (exact) mass is 363 g/mol. The Morgan fingerprint density at radius 1 is 1.17 bits per heavy atom. The molecule has 0 heterocycles. The standard InChI is InChI=1S/C16H23F2N3O2.ClH/c1-10(2)14(16(23)20-9-4-3-8-19)21-15(22)13-11(17)6-5-7-12(13)18;/h5-7,10,14H,3-4,8-9,19H2,1-2H3,(H,20,23)(H,21,22);1H. The van der Waals surface area contributed by atoms with Gasteiger partial charge in [-0.15, -0.1) is 12.4 Å². The Hall–Kier alpha value is -1.73. The zero-order valence-corrected chi connectivity index (χ0v) is 14.6. The van der Waals surface area contributed by atoms with Crippen LogP contribution in [0.15, 0.2) is 18.2 Å². The first-order chi connectivity index (χ1) is 10.9. The Balaban J connectivity index is 0.00000529. The number of carbonyl (C=O) groups excluding carboxylic acids is 2. The van der Waals surface area contributed by atoms with Crippen molar-refractivity contribution in [1.82, 2.24) is 10.6 Å². The van der Waals surface area contributed by atoms with Crippen LogP contribution < -0.4 is 16.4 Å². The molecule has 0 aliphatic carbocycles. The van der Waals surface area contributed by atoms with E-state index in [1.807, 2.05) is 0 Å². The molecule has 0 aliphatic heterocycles. The van der Waals surface area contributed by atoms with E-state index in [0.717, 1.165) is 25.0 Å². The first-order valence-electron chi connectivity index (χ1n) is 7.61. The quantitative estimate of drug-likeness (QED) is 0.617. The zero-order valence-electron chi connectivity index (χ0n) is 13.8. The van der Waals surface area contributed by atoms with Crippen molar-refractivity contribution in [2.75, 3.05) is 13.1 Å². The molecule has 0 saturated heterocycles. The minimum Gasteiger partial charge on any atom is -0.354 e. The number of halogens is 3. The van der Waals surface area contributed by atoms with Gasteiger partial charge in [0.25, 0.3) is 5.91 Å².